The summed E-state index contributed by atoms with van der Waals surface area (Å²) in [6, 6.07) is -0.377. The molecule has 0 aliphatic carbocycles. The lowest BCUT2D eigenvalue weighted by atomic mass is 9.91. The minimum absolute atomic E-state index is 0.0134. The maximum Gasteiger partial charge on any atom is 0.303 e. The predicted molar refractivity (Wildman–Crippen MR) is 172 cm³/mol. The van der Waals surface area contributed by atoms with Crippen molar-refractivity contribution in [2.24, 2.45) is 11.8 Å². The Hall–Kier alpha value is -4.12. The smallest absolute Gasteiger partial charge is 0.303 e. The molecule has 2 saturated heterocycles. The number of carboxylic acids is 2. The maximum absolute atomic E-state index is 12.6. The van der Waals surface area contributed by atoms with E-state index in [9.17, 15) is 29.7 Å². The number of aromatic nitrogens is 1. The molecule has 2 fully saturated rings. The Kier molecular flexibility index (Phi) is 8.88. The zero-order valence-electron chi connectivity index (χ0n) is 25.3. The first kappa shape index (κ1) is 31.3. The van der Waals surface area contributed by atoms with Crippen molar-refractivity contribution in [1.82, 2.24) is 20.9 Å². The normalized spacial score (nSPS) is 28.1. The number of aromatic amines is 1. The molecule has 11 heteroatoms. The van der Waals surface area contributed by atoms with Crippen LogP contribution in [0.1, 0.15) is 62.0 Å². The number of rotatable bonds is 12. The van der Waals surface area contributed by atoms with E-state index in [0.717, 1.165) is 56.4 Å². The Balaban J connectivity index is 1.50. The van der Waals surface area contributed by atoms with Gasteiger partial charge in [0, 0.05) is 70.1 Å². The van der Waals surface area contributed by atoms with Crippen molar-refractivity contribution in [2.75, 3.05) is 5.75 Å². The number of thioether (sulfide) groups is 1. The zero-order valence-corrected chi connectivity index (χ0v) is 26.1. The van der Waals surface area contributed by atoms with Crippen LogP contribution in [-0.4, -0.2) is 61.2 Å². The molecule has 10 nitrogen and oxygen atoms in total. The second-order valence-corrected chi connectivity index (χ2v) is 13.2. The first-order valence-electron chi connectivity index (χ1n) is 14.9. The molecule has 0 saturated carbocycles. The van der Waals surface area contributed by atoms with Crippen molar-refractivity contribution < 1.29 is 29.7 Å². The highest BCUT2D eigenvalue weighted by molar-refractivity contribution is 8.06. The Labute approximate surface area is 261 Å². The monoisotopic (exact) mass is 620 g/mol. The zero-order chi connectivity index (χ0) is 31.9. The van der Waals surface area contributed by atoms with Crippen LogP contribution in [-0.2, 0) is 20.8 Å². The molecular weight excluding hydrogens is 580 g/mol. The van der Waals surface area contributed by atoms with Crippen molar-refractivity contribution in [1.29, 1.82) is 0 Å². The van der Waals surface area contributed by atoms with Gasteiger partial charge in [-0.2, -0.15) is 11.8 Å². The molecule has 1 unspecified atom stereocenters. The van der Waals surface area contributed by atoms with Crippen LogP contribution in [0.2, 0.25) is 0 Å². The maximum atomic E-state index is 12.6. The van der Waals surface area contributed by atoms with Gasteiger partial charge in [0.15, 0.2) is 5.88 Å². The van der Waals surface area contributed by atoms with Crippen LogP contribution in [0.4, 0.5) is 0 Å². The second-order valence-electron chi connectivity index (χ2n) is 12.0. The summed E-state index contributed by atoms with van der Waals surface area (Å²) in [5.41, 5.74) is 8.18. The van der Waals surface area contributed by atoms with E-state index in [2.05, 4.69) is 34.1 Å². The van der Waals surface area contributed by atoms with Gasteiger partial charge in [0.05, 0.1) is 6.04 Å². The lowest BCUT2D eigenvalue weighted by Crippen LogP contribution is -2.34. The molecule has 5 atom stereocenters. The van der Waals surface area contributed by atoms with Crippen LogP contribution in [0.15, 0.2) is 58.8 Å². The van der Waals surface area contributed by atoms with Crippen molar-refractivity contribution >= 4 is 41.8 Å². The molecule has 0 radical (unpaired) electrons. The van der Waals surface area contributed by atoms with E-state index in [0.29, 0.717) is 30.1 Å². The SMILES string of the molecule is C=CC1=C(O)N[C@H](CC2N/C(=C\c3[nH]c(/C=C4\NC(=O)[C@H](C)[C@H]4[C@H]4CS4)c(C)c3CCC(=O)O)C(CCC(=O)O)=C2C)C1=C. The molecule has 1 aromatic heterocycles. The Morgan fingerprint density at radius 1 is 1.05 bits per heavy atom. The van der Waals surface area contributed by atoms with Gasteiger partial charge in [0.2, 0.25) is 5.91 Å². The van der Waals surface area contributed by atoms with E-state index >= 15 is 0 Å². The Morgan fingerprint density at radius 3 is 2.34 bits per heavy atom. The number of H-pyrrole nitrogens is 1. The van der Waals surface area contributed by atoms with Crippen molar-refractivity contribution in [3.05, 3.63) is 81.3 Å². The molecule has 1 amide bonds. The van der Waals surface area contributed by atoms with Gasteiger partial charge in [-0.3, -0.25) is 14.4 Å². The molecule has 0 spiro atoms. The van der Waals surface area contributed by atoms with Crippen LogP contribution in [0, 0.1) is 18.8 Å². The first-order chi connectivity index (χ1) is 20.9. The Morgan fingerprint density at radius 2 is 1.73 bits per heavy atom. The largest absolute Gasteiger partial charge is 0.494 e. The summed E-state index contributed by atoms with van der Waals surface area (Å²) in [6.07, 6.45) is 6.60. The van der Waals surface area contributed by atoms with Crippen molar-refractivity contribution in [2.45, 2.75) is 70.2 Å². The molecule has 0 bridgehead atoms. The van der Waals surface area contributed by atoms with E-state index < -0.39 is 11.9 Å². The molecule has 4 aliphatic rings. The molecule has 0 aromatic carbocycles. The minimum Gasteiger partial charge on any atom is -0.494 e. The molecule has 44 heavy (non-hydrogen) atoms. The number of nitrogens with one attached hydrogen (secondary N) is 4. The number of hydrogen-bond donors (Lipinski definition) is 7. The molecule has 5 rings (SSSR count). The van der Waals surface area contributed by atoms with Gasteiger partial charge in [0.25, 0.3) is 0 Å². The van der Waals surface area contributed by atoms with Crippen molar-refractivity contribution in [3.8, 4) is 0 Å². The number of amides is 1. The lowest BCUT2D eigenvalue weighted by Gasteiger charge is -2.20. The third-order valence-electron chi connectivity index (χ3n) is 9.22. The summed E-state index contributed by atoms with van der Waals surface area (Å²) in [7, 11) is 0. The fourth-order valence-corrected chi connectivity index (χ4v) is 7.47. The Bertz CT molecular complexity index is 1560. The second kappa shape index (κ2) is 12.5. The predicted octanol–water partition coefficient (Wildman–Crippen LogP) is 4.55. The highest BCUT2D eigenvalue weighted by atomic mass is 32.2. The number of allylic oxidation sites excluding steroid dienone is 3. The van der Waals surface area contributed by atoms with Gasteiger partial charge in [-0.25, -0.2) is 0 Å². The number of carbonyl (C=O) groups is 3. The fourth-order valence-electron chi connectivity index (χ4n) is 6.56. The molecular formula is C33H40N4O6S. The standard InChI is InChI=1S/C33H40N4O6S/c1-6-19-15(2)24(36-33(19)43)11-22-16(3)20(7-9-29(38)39)25(34-22)13-26-21(8-10-30(40)41)17(4)23(35-26)12-27-31(28-14-44-28)18(5)32(42)37-27/h6,12-13,18,22,24,28,31,34-36,43H,1-2,7-11,14H2,3-5H3,(H,37,42)(H,38,39)(H,40,41)/b25-13-,27-12-/t18-,22?,24-,28-,31-/m1/s1. The fraction of sp³-hybridized carbons (Fsp3) is 0.424. The molecule has 7 N–H and O–H groups in total. The molecule has 1 aromatic rings. The summed E-state index contributed by atoms with van der Waals surface area (Å²) < 4.78 is 0. The average molecular weight is 621 g/mol. The summed E-state index contributed by atoms with van der Waals surface area (Å²) in [5, 5.41) is 39.4. The van der Waals surface area contributed by atoms with Gasteiger partial charge < -0.3 is 36.3 Å². The third kappa shape index (κ3) is 6.24. The molecule has 234 valence electrons. The number of aliphatic hydroxyl groups is 1. The van der Waals surface area contributed by atoms with Gasteiger partial charge >= 0.3 is 11.9 Å². The number of carboxylic acid groups (broad SMARTS) is 2. The molecule has 5 heterocycles. The number of aliphatic carboxylic acids is 2. The van der Waals surface area contributed by atoms with E-state index in [1.165, 1.54) is 0 Å². The summed E-state index contributed by atoms with van der Waals surface area (Å²) in [5.74, 6) is -0.718. The van der Waals surface area contributed by atoms with Gasteiger partial charge in [-0.1, -0.05) is 26.2 Å². The summed E-state index contributed by atoms with van der Waals surface area (Å²) in [6.45, 7) is 13.8. The quantitative estimate of drug-likeness (QED) is 0.166. The van der Waals surface area contributed by atoms with Crippen LogP contribution in [0.25, 0.3) is 12.2 Å². The highest BCUT2D eigenvalue weighted by Crippen LogP contribution is 2.46. The summed E-state index contributed by atoms with van der Waals surface area (Å²) >= 11 is 1.85. The van der Waals surface area contributed by atoms with Crippen LogP contribution in [0.5, 0.6) is 0 Å². The minimum atomic E-state index is -0.899. The number of aliphatic hydroxyl groups excluding tert-OH is 1. The van der Waals surface area contributed by atoms with Gasteiger partial charge in [0.1, 0.15) is 0 Å². The van der Waals surface area contributed by atoms with E-state index in [1.54, 1.807) is 6.08 Å². The van der Waals surface area contributed by atoms with Gasteiger partial charge in [-0.15, -0.1) is 0 Å². The van der Waals surface area contributed by atoms with E-state index in [1.807, 2.05) is 44.7 Å². The number of hydrogen-bond acceptors (Lipinski definition) is 7. The van der Waals surface area contributed by atoms with E-state index in [4.69, 9.17) is 0 Å². The van der Waals surface area contributed by atoms with Crippen molar-refractivity contribution in [3.63, 3.8) is 0 Å². The van der Waals surface area contributed by atoms with Crippen LogP contribution < -0.4 is 16.0 Å². The lowest BCUT2D eigenvalue weighted by molar-refractivity contribution is -0.138. The number of carbonyl (C=O) groups excluding carboxylic acids is 1. The van der Waals surface area contributed by atoms with Crippen LogP contribution in [0.3, 0.4) is 0 Å². The van der Waals surface area contributed by atoms with Gasteiger partial charge in [-0.05, 0) is 73.1 Å². The average Bonchev–Trinajstić information content (AvgIpc) is 3.53. The van der Waals surface area contributed by atoms with E-state index in [-0.39, 0.29) is 48.6 Å². The highest BCUT2D eigenvalue weighted by Gasteiger charge is 2.45. The first-order valence-corrected chi connectivity index (χ1v) is 15.9. The summed E-state index contributed by atoms with van der Waals surface area (Å²) in [4.78, 5) is 39.2. The molecule has 4 aliphatic heterocycles. The van der Waals surface area contributed by atoms with Crippen LogP contribution >= 0.6 is 11.8 Å². The topological polar surface area (TPSA) is 164 Å². The third-order valence-corrected chi connectivity index (χ3v) is 10.2.